The van der Waals surface area contributed by atoms with E-state index in [1.54, 1.807) is 6.92 Å². The van der Waals surface area contributed by atoms with E-state index in [0.717, 1.165) is 0 Å². The van der Waals surface area contributed by atoms with Gasteiger partial charge in [-0.15, -0.1) is 0 Å². The standard InChI is InChI=1S/C15H20FN3O/c1-10(2)9-19(6-4-5-17)15(20)13-8-12(18)7-11(3)14(13)16/h7-8,10H,4,6,9,18H2,1-3H3. The molecule has 0 bridgehead atoms. The molecule has 1 amide bonds. The summed E-state index contributed by atoms with van der Waals surface area (Å²) in [5.74, 6) is -0.723. The maximum Gasteiger partial charge on any atom is 0.256 e. The second kappa shape index (κ2) is 6.90. The lowest BCUT2D eigenvalue weighted by Gasteiger charge is -2.24. The largest absolute Gasteiger partial charge is 0.399 e. The summed E-state index contributed by atoms with van der Waals surface area (Å²) in [7, 11) is 0. The van der Waals surface area contributed by atoms with Gasteiger partial charge in [0.15, 0.2) is 0 Å². The zero-order chi connectivity index (χ0) is 15.3. The highest BCUT2D eigenvalue weighted by atomic mass is 19.1. The van der Waals surface area contributed by atoms with Gasteiger partial charge in [-0.3, -0.25) is 4.79 Å². The summed E-state index contributed by atoms with van der Waals surface area (Å²) in [6, 6.07) is 4.85. The number of nitrogen functional groups attached to an aromatic ring is 1. The van der Waals surface area contributed by atoms with Crippen LogP contribution in [0.25, 0.3) is 0 Å². The van der Waals surface area contributed by atoms with Crippen molar-refractivity contribution in [3.8, 4) is 6.07 Å². The molecule has 0 aliphatic rings. The number of aryl methyl sites for hydroxylation is 1. The van der Waals surface area contributed by atoms with Crippen molar-refractivity contribution < 1.29 is 9.18 Å². The fourth-order valence-corrected chi connectivity index (χ4v) is 2.02. The van der Waals surface area contributed by atoms with Gasteiger partial charge >= 0.3 is 0 Å². The zero-order valence-electron chi connectivity index (χ0n) is 12.1. The molecule has 0 aliphatic carbocycles. The molecule has 20 heavy (non-hydrogen) atoms. The first-order chi connectivity index (χ1) is 9.36. The van der Waals surface area contributed by atoms with Gasteiger partial charge in [-0.25, -0.2) is 4.39 Å². The van der Waals surface area contributed by atoms with Gasteiger partial charge in [0.25, 0.3) is 5.91 Å². The van der Waals surface area contributed by atoms with E-state index in [1.807, 2.05) is 19.9 Å². The number of carbonyl (C=O) groups excluding carboxylic acids is 1. The predicted octanol–water partition coefficient (Wildman–Crippen LogP) is 2.73. The van der Waals surface area contributed by atoms with E-state index in [2.05, 4.69) is 0 Å². The highest BCUT2D eigenvalue weighted by Gasteiger charge is 2.21. The molecule has 0 saturated heterocycles. The third kappa shape index (κ3) is 3.95. The molecule has 0 fully saturated rings. The molecule has 0 saturated carbocycles. The molecule has 2 N–H and O–H groups in total. The van der Waals surface area contributed by atoms with Crippen molar-refractivity contribution in [2.24, 2.45) is 5.92 Å². The monoisotopic (exact) mass is 277 g/mol. The Bertz CT molecular complexity index is 535. The zero-order valence-corrected chi connectivity index (χ0v) is 12.1. The summed E-state index contributed by atoms with van der Waals surface area (Å²) in [6.07, 6.45) is 0.224. The maximum atomic E-state index is 14.1. The van der Waals surface area contributed by atoms with Crippen molar-refractivity contribution in [2.45, 2.75) is 27.2 Å². The van der Waals surface area contributed by atoms with Crippen LogP contribution in [0.5, 0.6) is 0 Å². The summed E-state index contributed by atoms with van der Waals surface area (Å²) >= 11 is 0. The van der Waals surface area contributed by atoms with Gasteiger partial charge in [0.05, 0.1) is 18.1 Å². The van der Waals surface area contributed by atoms with E-state index < -0.39 is 11.7 Å². The van der Waals surface area contributed by atoms with Gasteiger partial charge in [0, 0.05) is 18.8 Å². The van der Waals surface area contributed by atoms with Crippen LogP contribution in [0.3, 0.4) is 0 Å². The Labute approximate surface area is 119 Å². The van der Waals surface area contributed by atoms with Crippen LogP contribution >= 0.6 is 0 Å². The molecule has 0 radical (unpaired) electrons. The summed E-state index contributed by atoms with van der Waals surface area (Å²) < 4.78 is 14.1. The van der Waals surface area contributed by atoms with Crippen LogP contribution < -0.4 is 5.73 Å². The SMILES string of the molecule is Cc1cc(N)cc(C(=O)N(CCC#N)CC(C)C)c1F. The van der Waals surface area contributed by atoms with E-state index in [1.165, 1.54) is 17.0 Å². The topological polar surface area (TPSA) is 70.1 Å². The smallest absolute Gasteiger partial charge is 0.256 e. The molecule has 5 heteroatoms. The Hall–Kier alpha value is -2.09. The fraction of sp³-hybridized carbons (Fsp3) is 0.467. The number of nitrogens with two attached hydrogens (primary N) is 1. The molecule has 1 aromatic carbocycles. The Kier molecular flexibility index (Phi) is 5.51. The second-order valence-corrected chi connectivity index (χ2v) is 5.25. The number of benzene rings is 1. The molecule has 1 aromatic rings. The third-order valence-electron chi connectivity index (χ3n) is 2.87. The average molecular weight is 277 g/mol. The molecule has 108 valence electrons. The molecule has 0 spiro atoms. The molecule has 0 aromatic heterocycles. The molecule has 4 nitrogen and oxygen atoms in total. The molecule has 0 atom stereocenters. The number of anilines is 1. The number of rotatable bonds is 5. The second-order valence-electron chi connectivity index (χ2n) is 5.25. The van der Waals surface area contributed by atoms with Crippen molar-refractivity contribution in [3.63, 3.8) is 0 Å². The van der Waals surface area contributed by atoms with Gasteiger partial charge in [0.1, 0.15) is 5.82 Å². The summed E-state index contributed by atoms with van der Waals surface area (Å²) in [5.41, 5.74) is 6.35. The van der Waals surface area contributed by atoms with Gasteiger partial charge < -0.3 is 10.6 Å². The molecule has 1 rings (SSSR count). The molecular formula is C15H20FN3O. The first-order valence-electron chi connectivity index (χ1n) is 6.58. The van der Waals surface area contributed by atoms with E-state index in [4.69, 9.17) is 11.0 Å². The quantitative estimate of drug-likeness (QED) is 0.841. The van der Waals surface area contributed by atoms with E-state index in [-0.39, 0.29) is 17.9 Å². The highest BCUT2D eigenvalue weighted by molar-refractivity contribution is 5.95. The minimum atomic E-state index is -0.546. The molecule has 0 heterocycles. The Balaban J connectivity index is 3.08. The number of amides is 1. The number of carbonyl (C=O) groups is 1. The molecular weight excluding hydrogens is 257 g/mol. The lowest BCUT2D eigenvalue weighted by Crippen LogP contribution is -2.35. The summed E-state index contributed by atoms with van der Waals surface area (Å²) in [4.78, 5) is 13.9. The van der Waals surface area contributed by atoms with E-state index >= 15 is 0 Å². The van der Waals surface area contributed by atoms with Crippen molar-refractivity contribution in [1.29, 1.82) is 5.26 Å². The van der Waals surface area contributed by atoms with Crippen molar-refractivity contribution in [1.82, 2.24) is 4.90 Å². The van der Waals surface area contributed by atoms with Crippen LogP contribution in [0, 0.1) is 30.0 Å². The molecule has 0 unspecified atom stereocenters. The number of hydrogen-bond donors (Lipinski definition) is 1. The Morgan fingerprint density at radius 3 is 2.70 bits per heavy atom. The van der Waals surface area contributed by atoms with Crippen molar-refractivity contribution in [2.75, 3.05) is 18.8 Å². The van der Waals surface area contributed by atoms with Crippen LogP contribution in [0.4, 0.5) is 10.1 Å². The van der Waals surface area contributed by atoms with Crippen LogP contribution in [-0.4, -0.2) is 23.9 Å². The lowest BCUT2D eigenvalue weighted by molar-refractivity contribution is 0.0735. The lowest BCUT2D eigenvalue weighted by atomic mass is 10.1. The minimum Gasteiger partial charge on any atom is -0.399 e. The third-order valence-corrected chi connectivity index (χ3v) is 2.87. The van der Waals surface area contributed by atoms with Crippen LogP contribution in [0.1, 0.15) is 36.2 Å². The molecule has 0 aliphatic heterocycles. The van der Waals surface area contributed by atoms with Gasteiger partial charge in [0.2, 0.25) is 0 Å². The number of hydrogen-bond acceptors (Lipinski definition) is 3. The van der Waals surface area contributed by atoms with Crippen LogP contribution in [-0.2, 0) is 0 Å². The van der Waals surface area contributed by atoms with Gasteiger partial charge in [-0.05, 0) is 30.5 Å². The summed E-state index contributed by atoms with van der Waals surface area (Å²) in [6.45, 7) is 6.28. The predicted molar refractivity (Wildman–Crippen MR) is 76.5 cm³/mol. The minimum absolute atomic E-state index is 0.0268. The van der Waals surface area contributed by atoms with Crippen LogP contribution in [0.15, 0.2) is 12.1 Å². The summed E-state index contributed by atoms with van der Waals surface area (Å²) in [5, 5.41) is 8.66. The normalized spacial score (nSPS) is 10.4. The van der Waals surface area contributed by atoms with E-state index in [9.17, 15) is 9.18 Å². The van der Waals surface area contributed by atoms with Gasteiger partial charge in [-0.1, -0.05) is 13.8 Å². The van der Waals surface area contributed by atoms with Crippen molar-refractivity contribution in [3.05, 3.63) is 29.1 Å². The number of nitriles is 1. The van der Waals surface area contributed by atoms with Crippen molar-refractivity contribution >= 4 is 11.6 Å². The first kappa shape index (κ1) is 16.0. The number of nitrogens with zero attached hydrogens (tertiary/aromatic N) is 2. The van der Waals surface area contributed by atoms with Gasteiger partial charge in [-0.2, -0.15) is 5.26 Å². The maximum absolute atomic E-state index is 14.1. The van der Waals surface area contributed by atoms with Crippen LogP contribution in [0.2, 0.25) is 0 Å². The fourth-order valence-electron chi connectivity index (χ4n) is 2.02. The van der Waals surface area contributed by atoms with E-state index in [0.29, 0.717) is 24.3 Å². The highest BCUT2D eigenvalue weighted by Crippen LogP contribution is 2.19. The average Bonchev–Trinajstić information content (AvgIpc) is 2.37. The Morgan fingerprint density at radius 1 is 1.50 bits per heavy atom. The Morgan fingerprint density at radius 2 is 2.15 bits per heavy atom. The number of halogens is 1. The first-order valence-corrected chi connectivity index (χ1v) is 6.58.